The van der Waals surface area contributed by atoms with E-state index in [4.69, 9.17) is 0 Å². The Hall–Kier alpha value is -0.520. The molecule has 0 rings (SSSR count). The van der Waals surface area contributed by atoms with E-state index < -0.39 is 0 Å². The molecule has 0 heteroatoms. The van der Waals surface area contributed by atoms with Gasteiger partial charge in [-0.1, -0.05) is 44.6 Å². The van der Waals surface area contributed by atoms with Crippen molar-refractivity contribution in [3.05, 3.63) is 23.8 Å². The maximum absolute atomic E-state index is 2.35. The maximum Gasteiger partial charge on any atom is -0.0182 e. The summed E-state index contributed by atoms with van der Waals surface area (Å²) in [5, 5.41) is 0. The highest BCUT2D eigenvalue weighted by molar-refractivity contribution is 4.97. The Morgan fingerprint density at radius 3 is 2.14 bits per heavy atom. The van der Waals surface area contributed by atoms with Gasteiger partial charge in [0.25, 0.3) is 0 Å². The SMILES string of the molecule is CC=CC(CCC=C(C)C)C(C)(C)C. The minimum atomic E-state index is 0.391. The van der Waals surface area contributed by atoms with Crippen molar-refractivity contribution in [3.8, 4) is 0 Å². The first-order valence-electron chi connectivity index (χ1n) is 5.64. The van der Waals surface area contributed by atoms with Crippen molar-refractivity contribution >= 4 is 0 Å². The summed E-state index contributed by atoms with van der Waals surface area (Å²) in [7, 11) is 0. The summed E-state index contributed by atoms with van der Waals surface area (Å²) in [5.41, 5.74) is 1.82. The second-order valence-electron chi connectivity index (χ2n) is 5.36. The van der Waals surface area contributed by atoms with E-state index in [9.17, 15) is 0 Å². The second kappa shape index (κ2) is 6.06. The van der Waals surface area contributed by atoms with E-state index in [0.717, 1.165) is 0 Å². The second-order valence-corrected chi connectivity index (χ2v) is 5.36. The molecule has 1 atom stereocenters. The van der Waals surface area contributed by atoms with Crippen LogP contribution in [0.1, 0.15) is 54.4 Å². The average Bonchev–Trinajstić information content (AvgIpc) is 2.00. The molecule has 0 aliphatic rings. The van der Waals surface area contributed by atoms with Gasteiger partial charge in [0, 0.05) is 0 Å². The Kier molecular flexibility index (Phi) is 5.83. The zero-order chi connectivity index (χ0) is 11.2. The van der Waals surface area contributed by atoms with Gasteiger partial charge in [0.05, 0.1) is 0 Å². The quantitative estimate of drug-likeness (QED) is 0.554. The third kappa shape index (κ3) is 6.01. The summed E-state index contributed by atoms with van der Waals surface area (Å²) in [4.78, 5) is 0. The molecule has 1 unspecified atom stereocenters. The van der Waals surface area contributed by atoms with Crippen LogP contribution in [0.5, 0.6) is 0 Å². The highest BCUT2D eigenvalue weighted by atomic mass is 14.3. The topological polar surface area (TPSA) is 0 Å². The van der Waals surface area contributed by atoms with Crippen molar-refractivity contribution in [3.63, 3.8) is 0 Å². The Labute approximate surface area is 90.1 Å². The van der Waals surface area contributed by atoms with E-state index in [0.29, 0.717) is 11.3 Å². The molecule has 0 aliphatic carbocycles. The largest absolute Gasteiger partial charge is 0.0914 e. The molecule has 0 aromatic heterocycles. The van der Waals surface area contributed by atoms with Crippen molar-refractivity contribution in [2.24, 2.45) is 11.3 Å². The van der Waals surface area contributed by atoms with Crippen LogP contribution in [0.4, 0.5) is 0 Å². The summed E-state index contributed by atoms with van der Waals surface area (Å²) in [6, 6.07) is 0. The van der Waals surface area contributed by atoms with E-state index >= 15 is 0 Å². The van der Waals surface area contributed by atoms with Crippen LogP contribution in [0.25, 0.3) is 0 Å². The molecule has 0 nitrogen and oxygen atoms in total. The zero-order valence-corrected chi connectivity index (χ0v) is 10.7. The Morgan fingerprint density at radius 1 is 1.21 bits per heavy atom. The number of hydrogen-bond donors (Lipinski definition) is 0. The lowest BCUT2D eigenvalue weighted by atomic mass is 9.78. The third-order valence-corrected chi connectivity index (χ3v) is 2.57. The van der Waals surface area contributed by atoms with Crippen molar-refractivity contribution in [2.75, 3.05) is 0 Å². The Bertz CT molecular complexity index is 197. The lowest BCUT2D eigenvalue weighted by molar-refractivity contribution is 0.279. The molecule has 0 saturated heterocycles. The average molecular weight is 194 g/mol. The lowest BCUT2D eigenvalue weighted by Gasteiger charge is -2.27. The van der Waals surface area contributed by atoms with Gasteiger partial charge in [-0.2, -0.15) is 0 Å². The van der Waals surface area contributed by atoms with Crippen LogP contribution in [0.2, 0.25) is 0 Å². The molecule has 14 heavy (non-hydrogen) atoms. The van der Waals surface area contributed by atoms with Crippen molar-refractivity contribution in [1.29, 1.82) is 0 Å². The van der Waals surface area contributed by atoms with Gasteiger partial charge in [-0.15, -0.1) is 0 Å². The van der Waals surface area contributed by atoms with Gasteiger partial charge >= 0.3 is 0 Å². The first-order valence-corrected chi connectivity index (χ1v) is 5.64. The molecule has 0 amide bonds. The molecule has 0 aromatic carbocycles. The minimum absolute atomic E-state index is 0.391. The first-order chi connectivity index (χ1) is 6.38. The molecule has 0 saturated carbocycles. The molecular weight excluding hydrogens is 168 g/mol. The fourth-order valence-corrected chi connectivity index (χ4v) is 1.60. The molecule has 0 aromatic rings. The fraction of sp³-hybridized carbons (Fsp3) is 0.714. The highest BCUT2D eigenvalue weighted by Gasteiger charge is 2.20. The van der Waals surface area contributed by atoms with Crippen LogP contribution in [0, 0.1) is 11.3 Å². The van der Waals surface area contributed by atoms with E-state index in [1.54, 1.807) is 0 Å². The van der Waals surface area contributed by atoms with Gasteiger partial charge in [-0.05, 0) is 44.9 Å². The number of allylic oxidation sites excluding steroid dienone is 4. The van der Waals surface area contributed by atoms with Gasteiger partial charge in [0.2, 0.25) is 0 Å². The van der Waals surface area contributed by atoms with Crippen molar-refractivity contribution < 1.29 is 0 Å². The van der Waals surface area contributed by atoms with Crippen molar-refractivity contribution in [1.82, 2.24) is 0 Å². The molecule has 0 bridgehead atoms. The smallest absolute Gasteiger partial charge is 0.0182 e. The fourth-order valence-electron chi connectivity index (χ4n) is 1.60. The Balaban J connectivity index is 4.19. The molecule has 0 heterocycles. The van der Waals surface area contributed by atoms with Crippen LogP contribution < -0.4 is 0 Å². The standard InChI is InChI=1S/C14H26/c1-7-9-13(14(4,5)6)11-8-10-12(2)3/h7,9-10,13H,8,11H2,1-6H3. The Morgan fingerprint density at radius 2 is 1.79 bits per heavy atom. The van der Waals surface area contributed by atoms with Crippen LogP contribution in [-0.4, -0.2) is 0 Å². The summed E-state index contributed by atoms with van der Waals surface area (Å²) in [6.07, 6.45) is 9.33. The number of rotatable bonds is 4. The molecule has 0 N–H and O–H groups in total. The summed E-state index contributed by atoms with van der Waals surface area (Å²) in [5.74, 6) is 0.697. The van der Waals surface area contributed by atoms with Crippen LogP contribution in [0.15, 0.2) is 23.8 Å². The van der Waals surface area contributed by atoms with Gasteiger partial charge < -0.3 is 0 Å². The van der Waals surface area contributed by atoms with Gasteiger partial charge in [-0.25, -0.2) is 0 Å². The lowest BCUT2D eigenvalue weighted by Crippen LogP contribution is -2.18. The molecule has 82 valence electrons. The monoisotopic (exact) mass is 194 g/mol. The predicted octanol–water partition coefficient (Wildman–Crippen LogP) is 4.97. The van der Waals surface area contributed by atoms with E-state index in [1.807, 2.05) is 0 Å². The molecular formula is C14H26. The summed E-state index contributed by atoms with van der Waals surface area (Å²) < 4.78 is 0. The first kappa shape index (κ1) is 13.5. The normalized spacial score (nSPS) is 14.4. The summed E-state index contributed by atoms with van der Waals surface area (Å²) in [6.45, 7) is 13.4. The van der Waals surface area contributed by atoms with Gasteiger partial charge in [0.15, 0.2) is 0 Å². The van der Waals surface area contributed by atoms with Crippen LogP contribution >= 0.6 is 0 Å². The third-order valence-electron chi connectivity index (χ3n) is 2.57. The molecule has 0 spiro atoms. The van der Waals surface area contributed by atoms with E-state index in [-0.39, 0.29) is 0 Å². The van der Waals surface area contributed by atoms with Crippen LogP contribution in [-0.2, 0) is 0 Å². The van der Waals surface area contributed by atoms with Crippen molar-refractivity contribution in [2.45, 2.75) is 54.4 Å². The van der Waals surface area contributed by atoms with E-state index in [1.165, 1.54) is 18.4 Å². The molecule has 0 radical (unpaired) electrons. The van der Waals surface area contributed by atoms with Gasteiger partial charge in [-0.3, -0.25) is 0 Å². The van der Waals surface area contributed by atoms with Gasteiger partial charge in [0.1, 0.15) is 0 Å². The zero-order valence-electron chi connectivity index (χ0n) is 10.7. The maximum atomic E-state index is 2.35. The summed E-state index contributed by atoms with van der Waals surface area (Å²) >= 11 is 0. The van der Waals surface area contributed by atoms with Crippen LogP contribution in [0.3, 0.4) is 0 Å². The highest BCUT2D eigenvalue weighted by Crippen LogP contribution is 2.31. The number of hydrogen-bond acceptors (Lipinski definition) is 0. The minimum Gasteiger partial charge on any atom is -0.0914 e. The molecule has 0 fully saturated rings. The predicted molar refractivity (Wildman–Crippen MR) is 66.4 cm³/mol. The molecule has 0 aliphatic heterocycles. The van der Waals surface area contributed by atoms with E-state index in [2.05, 4.69) is 59.8 Å².